The number of benzene rings is 1. The highest BCUT2D eigenvalue weighted by Crippen LogP contribution is 2.30. The number of carbonyl (C=O) groups excluding carboxylic acids is 1. The van der Waals surface area contributed by atoms with Crippen LogP contribution in [0.15, 0.2) is 28.4 Å². The monoisotopic (exact) mass is 379 g/mol. The molecular formula is C17H21N3O5S. The molecule has 1 aromatic rings. The maximum atomic E-state index is 11.7. The zero-order valence-electron chi connectivity index (χ0n) is 14.6. The fraction of sp³-hybridized carbons (Fsp3) is 0.412. The molecule has 0 radical (unpaired) electrons. The van der Waals surface area contributed by atoms with Crippen molar-refractivity contribution < 1.29 is 24.2 Å². The van der Waals surface area contributed by atoms with Gasteiger partial charge in [0.2, 0.25) is 5.91 Å². The molecule has 0 bridgehead atoms. The Morgan fingerprint density at radius 1 is 1.46 bits per heavy atom. The van der Waals surface area contributed by atoms with E-state index in [0.717, 1.165) is 24.6 Å². The van der Waals surface area contributed by atoms with Gasteiger partial charge in [-0.05, 0) is 18.6 Å². The van der Waals surface area contributed by atoms with E-state index in [1.165, 1.54) is 6.21 Å². The molecule has 1 aliphatic rings. The standard InChI is InChI=1S/C17H21N3O5S/c1-3-4-8-25-15-11(6-5-7-12(15)24-2)10-18-20-17-19-16(23)13(26-17)9-14(21)22/h5-7,10,13H,3-4,8-9H2,1-2H3,(H,21,22)(H,19,20,23). The van der Waals surface area contributed by atoms with Gasteiger partial charge in [0, 0.05) is 5.56 Å². The number of amidine groups is 1. The highest BCUT2D eigenvalue weighted by molar-refractivity contribution is 8.15. The number of nitrogens with one attached hydrogen (secondary N) is 1. The second kappa shape index (κ2) is 9.81. The number of ether oxygens (including phenoxy) is 2. The molecule has 1 heterocycles. The smallest absolute Gasteiger partial charge is 0.305 e. The SMILES string of the molecule is CCCCOc1c(C=NN=C2NC(=O)C(CC(=O)O)S2)cccc1OC. The first-order valence-corrected chi connectivity index (χ1v) is 9.03. The summed E-state index contributed by atoms with van der Waals surface area (Å²) in [6, 6.07) is 5.43. The Morgan fingerprint density at radius 2 is 2.27 bits per heavy atom. The minimum absolute atomic E-state index is 0.259. The van der Waals surface area contributed by atoms with Crippen molar-refractivity contribution in [1.82, 2.24) is 5.32 Å². The highest BCUT2D eigenvalue weighted by atomic mass is 32.2. The van der Waals surface area contributed by atoms with Crippen molar-refractivity contribution in [1.29, 1.82) is 0 Å². The second-order valence-corrected chi connectivity index (χ2v) is 6.62. The lowest BCUT2D eigenvalue weighted by atomic mass is 10.2. The fourth-order valence-electron chi connectivity index (χ4n) is 2.16. The number of carboxylic acid groups (broad SMARTS) is 1. The van der Waals surface area contributed by atoms with E-state index in [1.807, 2.05) is 12.1 Å². The Bertz CT molecular complexity index is 720. The molecule has 2 N–H and O–H groups in total. The van der Waals surface area contributed by atoms with Crippen LogP contribution in [0.1, 0.15) is 31.7 Å². The molecule has 1 fully saturated rings. The lowest BCUT2D eigenvalue weighted by molar-refractivity contribution is -0.138. The van der Waals surface area contributed by atoms with Gasteiger partial charge in [-0.1, -0.05) is 31.2 Å². The van der Waals surface area contributed by atoms with Gasteiger partial charge >= 0.3 is 5.97 Å². The minimum atomic E-state index is -1.03. The molecule has 9 heteroatoms. The Labute approximate surface area is 155 Å². The van der Waals surface area contributed by atoms with Crippen LogP contribution in [-0.4, -0.2) is 47.3 Å². The number of carboxylic acids is 1. The van der Waals surface area contributed by atoms with E-state index in [-0.39, 0.29) is 17.5 Å². The average molecular weight is 379 g/mol. The van der Waals surface area contributed by atoms with E-state index in [2.05, 4.69) is 22.4 Å². The number of hydrogen-bond acceptors (Lipinski definition) is 7. The lowest BCUT2D eigenvalue weighted by Crippen LogP contribution is -2.26. The number of aliphatic carboxylic acids is 1. The quantitative estimate of drug-likeness (QED) is 0.387. The summed E-state index contributed by atoms with van der Waals surface area (Å²) in [7, 11) is 1.57. The van der Waals surface area contributed by atoms with Gasteiger partial charge in [0.1, 0.15) is 5.25 Å². The maximum Gasteiger partial charge on any atom is 0.305 e. The molecule has 2 rings (SSSR count). The third-order valence-electron chi connectivity index (χ3n) is 3.46. The molecule has 0 aliphatic carbocycles. The Hall–Kier alpha value is -2.55. The summed E-state index contributed by atoms with van der Waals surface area (Å²) in [6.07, 6.45) is 3.18. The van der Waals surface area contributed by atoms with Crippen LogP contribution in [0.25, 0.3) is 0 Å². The van der Waals surface area contributed by atoms with Crippen molar-refractivity contribution in [2.75, 3.05) is 13.7 Å². The summed E-state index contributed by atoms with van der Waals surface area (Å²) < 4.78 is 11.1. The second-order valence-electron chi connectivity index (χ2n) is 5.42. The number of unbranched alkanes of at least 4 members (excludes halogenated alkanes) is 1. The van der Waals surface area contributed by atoms with Gasteiger partial charge in [0.25, 0.3) is 0 Å². The summed E-state index contributed by atoms with van der Waals surface area (Å²) in [5.41, 5.74) is 0.696. The molecule has 1 unspecified atom stereocenters. The fourth-order valence-corrected chi connectivity index (χ4v) is 3.07. The van der Waals surface area contributed by atoms with Gasteiger partial charge < -0.3 is 19.9 Å². The molecule has 26 heavy (non-hydrogen) atoms. The first-order valence-electron chi connectivity index (χ1n) is 8.15. The van der Waals surface area contributed by atoms with Crippen LogP contribution in [0, 0.1) is 0 Å². The number of rotatable bonds is 9. The predicted octanol–water partition coefficient (Wildman–Crippen LogP) is 2.27. The zero-order chi connectivity index (χ0) is 18.9. The van der Waals surface area contributed by atoms with Crippen LogP contribution in [-0.2, 0) is 9.59 Å². The summed E-state index contributed by atoms with van der Waals surface area (Å²) >= 11 is 1.05. The van der Waals surface area contributed by atoms with Crippen LogP contribution >= 0.6 is 11.8 Å². The molecule has 1 aliphatic heterocycles. The van der Waals surface area contributed by atoms with Gasteiger partial charge in [-0.25, -0.2) is 0 Å². The van der Waals surface area contributed by atoms with Crippen LogP contribution in [0.4, 0.5) is 0 Å². The van der Waals surface area contributed by atoms with Gasteiger partial charge in [0.05, 0.1) is 26.4 Å². The molecule has 0 spiro atoms. The number of hydrogen-bond donors (Lipinski definition) is 2. The minimum Gasteiger partial charge on any atom is -0.493 e. The van der Waals surface area contributed by atoms with Crippen molar-refractivity contribution in [2.24, 2.45) is 10.2 Å². The van der Waals surface area contributed by atoms with E-state index in [1.54, 1.807) is 13.2 Å². The molecule has 1 saturated heterocycles. The molecule has 8 nitrogen and oxygen atoms in total. The molecule has 140 valence electrons. The van der Waals surface area contributed by atoms with Crippen molar-refractivity contribution >= 4 is 35.0 Å². The van der Waals surface area contributed by atoms with Crippen LogP contribution in [0.3, 0.4) is 0 Å². The largest absolute Gasteiger partial charge is 0.493 e. The lowest BCUT2D eigenvalue weighted by Gasteiger charge is -2.12. The van der Waals surface area contributed by atoms with Crippen LogP contribution in [0.5, 0.6) is 11.5 Å². The number of thioether (sulfide) groups is 1. The molecule has 0 saturated carbocycles. The number of carbonyl (C=O) groups is 2. The Morgan fingerprint density at radius 3 is 2.96 bits per heavy atom. The predicted molar refractivity (Wildman–Crippen MR) is 100 cm³/mol. The first kappa shape index (κ1) is 19.8. The summed E-state index contributed by atoms with van der Waals surface area (Å²) in [5.74, 6) is -0.231. The van der Waals surface area contributed by atoms with Gasteiger partial charge in [-0.2, -0.15) is 5.10 Å². The van der Waals surface area contributed by atoms with Gasteiger partial charge in [-0.3, -0.25) is 9.59 Å². The van der Waals surface area contributed by atoms with Gasteiger partial charge in [0.15, 0.2) is 16.7 Å². The van der Waals surface area contributed by atoms with E-state index in [0.29, 0.717) is 23.7 Å². The Balaban J connectivity index is 2.10. The summed E-state index contributed by atoms with van der Waals surface area (Å²) in [4.78, 5) is 22.4. The third-order valence-corrected chi connectivity index (χ3v) is 4.53. The van der Waals surface area contributed by atoms with Crippen LogP contribution in [0.2, 0.25) is 0 Å². The summed E-state index contributed by atoms with van der Waals surface area (Å²) in [5, 5.41) is 18.8. The highest BCUT2D eigenvalue weighted by Gasteiger charge is 2.32. The maximum absolute atomic E-state index is 11.7. The number of nitrogens with zero attached hydrogens (tertiary/aromatic N) is 2. The van der Waals surface area contributed by atoms with Gasteiger partial charge in [-0.15, -0.1) is 5.10 Å². The molecular weight excluding hydrogens is 358 g/mol. The summed E-state index contributed by atoms with van der Waals surface area (Å²) in [6.45, 7) is 2.64. The van der Waals surface area contributed by atoms with E-state index in [4.69, 9.17) is 14.6 Å². The first-order chi connectivity index (χ1) is 12.5. The molecule has 1 aromatic carbocycles. The van der Waals surface area contributed by atoms with Crippen molar-refractivity contribution in [3.8, 4) is 11.5 Å². The number of para-hydroxylation sites is 1. The normalized spacial score (nSPS) is 18.3. The average Bonchev–Trinajstić information content (AvgIpc) is 2.95. The van der Waals surface area contributed by atoms with E-state index in [9.17, 15) is 9.59 Å². The third kappa shape index (κ3) is 5.48. The number of amides is 1. The molecule has 1 atom stereocenters. The van der Waals surface area contributed by atoms with Crippen molar-refractivity contribution in [3.05, 3.63) is 23.8 Å². The molecule has 0 aromatic heterocycles. The van der Waals surface area contributed by atoms with E-state index < -0.39 is 11.2 Å². The topological polar surface area (TPSA) is 110 Å². The number of methoxy groups -OCH3 is 1. The van der Waals surface area contributed by atoms with E-state index >= 15 is 0 Å². The molecule has 1 amide bonds. The van der Waals surface area contributed by atoms with Crippen LogP contribution < -0.4 is 14.8 Å². The van der Waals surface area contributed by atoms with Crippen molar-refractivity contribution in [2.45, 2.75) is 31.4 Å². The Kier molecular flexibility index (Phi) is 7.46. The zero-order valence-corrected chi connectivity index (χ0v) is 15.4. The van der Waals surface area contributed by atoms with Crippen molar-refractivity contribution in [3.63, 3.8) is 0 Å².